The van der Waals surface area contributed by atoms with Crippen molar-refractivity contribution in [1.82, 2.24) is 10.2 Å². The number of hydrogen-bond donors (Lipinski definition) is 2. The first kappa shape index (κ1) is 18.0. The van der Waals surface area contributed by atoms with Gasteiger partial charge in [-0.25, -0.2) is 0 Å². The van der Waals surface area contributed by atoms with Crippen LogP contribution in [0.5, 0.6) is 0 Å². The number of guanidine groups is 1. The zero-order chi connectivity index (χ0) is 12.9. The molecule has 0 aromatic carbocycles. The van der Waals surface area contributed by atoms with Crippen molar-refractivity contribution in [2.24, 2.45) is 10.7 Å². The Morgan fingerprint density at radius 2 is 1.83 bits per heavy atom. The molecular weight excluding hydrogens is 339 g/mol. The molecule has 1 rings (SSSR count). The van der Waals surface area contributed by atoms with E-state index in [1.165, 1.54) is 32.4 Å². The molecule has 1 fully saturated rings. The molecule has 0 saturated carbocycles. The van der Waals surface area contributed by atoms with Gasteiger partial charge in [0.15, 0.2) is 5.96 Å². The highest BCUT2D eigenvalue weighted by Crippen LogP contribution is 2.20. The van der Waals surface area contributed by atoms with E-state index in [2.05, 4.69) is 42.9 Å². The summed E-state index contributed by atoms with van der Waals surface area (Å²) in [6.45, 7) is 11.8. The summed E-state index contributed by atoms with van der Waals surface area (Å²) < 4.78 is 0. The molecule has 0 bridgehead atoms. The van der Waals surface area contributed by atoms with Crippen LogP contribution >= 0.6 is 24.0 Å². The molecule has 4 nitrogen and oxygen atoms in total. The monoisotopic (exact) mass is 368 g/mol. The molecular formula is C13H29IN4. The fourth-order valence-corrected chi connectivity index (χ4v) is 2.22. The highest BCUT2D eigenvalue weighted by Gasteiger charge is 2.27. The Hall–Kier alpha value is -0.0400. The van der Waals surface area contributed by atoms with E-state index in [0.29, 0.717) is 12.0 Å². The van der Waals surface area contributed by atoms with Crippen LogP contribution in [0, 0.1) is 0 Å². The maximum absolute atomic E-state index is 5.83. The van der Waals surface area contributed by atoms with E-state index < -0.39 is 0 Å². The van der Waals surface area contributed by atoms with Crippen LogP contribution in [0.4, 0.5) is 0 Å². The summed E-state index contributed by atoms with van der Waals surface area (Å²) in [4.78, 5) is 6.98. The lowest BCUT2D eigenvalue weighted by atomic mass is 9.99. The van der Waals surface area contributed by atoms with Gasteiger partial charge in [0.05, 0.1) is 6.54 Å². The third kappa shape index (κ3) is 6.22. The van der Waals surface area contributed by atoms with Crippen LogP contribution in [0.3, 0.4) is 0 Å². The zero-order valence-corrected chi connectivity index (χ0v) is 14.5. The van der Waals surface area contributed by atoms with Gasteiger partial charge in [-0.2, -0.15) is 0 Å². The number of aliphatic imine (C=N–C) groups is 1. The van der Waals surface area contributed by atoms with Gasteiger partial charge in [-0.05, 0) is 53.6 Å². The number of halogens is 1. The molecule has 0 aromatic rings. The van der Waals surface area contributed by atoms with E-state index in [1.54, 1.807) is 0 Å². The molecule has 1 saturated heterocycles. The molecule has 1 aliphatic heterocycles. The predicted octanol–water partition coefficient (Wildman–Crippen LogP) is 2.18. The summed E-state index contributed by atoms with van der Waals surface area (Å²) in [6, 6.07) is 0.344. The number of nitrogens with two attached hydrogens (primary N) is 1. The molecule has 18 heavy (non-hydrogen) atoms. The van der Waals surface area contributed by atoms with Gasteiger partial charge in [-0.15, -0.1) is 24.0 Å². The second-order valence-electron chi connectivity index (χ2n) is 5.86. The van der Waals surface area contributed by atoms with Gasteiger partial charge in [-0.3, -0.25) is 9.89 Å². The number of piperidine rings is 1. The molecule has 1 aliphatic rings. The Labute approximate surface area is 129 Å². The van der Waals surface area contributed by atoms with Crippen LogP contribution < -0.4 is 11.1 Å². The standard InChI is InChI=1S/C13H28N4.HI/c1-11(2)16-12(14)15-10-13(3,4)17-8-6-5-7-9-17;/h11H,5-10H2,1-4H3,(H3,14,15,16);1H. The molecule has 0 aromatic heterocycles. The molecule has 0 amide bonds. The summed E-state index contributed by atoms with van der Waals surface area (Å²) in [6.07, 6.45) is 3.99. The first-order chi connectivity index (χ1) is 7.92. The largest absolute Gasteiger partial charge is 0.370 e. The molecule has 1 heterocycles. The van der Waals surface area contributed by atoms with Crippen LogP contribution in [-0.2, 0) is 0 Å². The van der Waals surface area contributed by atoms with Crippen molar-refractivity contribution in [1.29, 1.82) is 0 Å². The lowest BCUT2D eigenvalue weighted by molar-refractivity contribution is 0.102. The summed E-state index contributed by atoms with van der Waals surface area (Å²) in [7, 11) is 0. The number of likely N-dealkylation sites (tertiary alicyclic amines) is 1. The average Bonchev–Trinajstić information content (AvgIpc) is 2.27. The zero-order valence-electron chi connectivity index (χ0n) is 12.2. The third-order valence-electron chi connectivity index (χ3n) is 3.29. The van der Waals surface area contributed by atoms with Crippen molar-refractivity contribution in [3.63, 3.8) is 0 Å². The van der Waals surface area contributed by atoms with Gasteiger partial charge in [0, 0.05) is 11.6 Å². The van der Waals surface area contributed by atoms with Crippen molar-refractivity contribution < 1.29 is 0 Å². The molecule has 0 atom stereocenters. The number of hydrogen-bond acceptors (Lipinski definition) is 2. The quantitative estimate of drug-likeness (QED) is 0.454. The topological polar surface area (TPSA) is 53.6 Å². The van der Waals surface area contributed by atoms with Crippen molar-refractivity contribution >= 4 is 29.9 Å². The Morgan fingerprint density at radius 3 is 2.33 bits per heavy atom. The normalized spacial score (nSPS) is 18.6. The third-order valence-corrected chi connectivity index (χ3v) is 3.29. The van der Waals surface area contributed by atoms with E-state index in [1.807, 2.05) is 0 Å². The summed E-state index contributed by atoms with van der Waals surface area (Å²) in [5, 5.41) is 3.13. The highest BCUT2D eigenvalue weighted by molar-refractivity contribution is 14.0. The Bertz CT molecular complexity index is 258. The van der Waals surface area contributed by atoms with Crippen LogP contribution in [0.15, 0.2) is 4.99 Å². The minimum absolute atomic E-state index is 0. The molecule has 5 heteroatoms. The van der Waals surface area contributed by atoms with E-state index in [0.717, 1.165) is 6.54 Å². The lowest BCUT2D eigenvalue weighted by Gasteiger charge is -2.40. The number of nitrogens with zero attached hydrogens (tertiary/aromatic N) is 2. The second-order valence-corrected chi connectivity index (χ2v) is 5.86. The molecule has 3 N–H and O–H groups in total. The first-order valence-corrected chi connectivity index (χ1v) is 6.73. The average molecular weight is 368 g/mol. The summed E-state index contributed by atoms with van der Waals surface area (Å²) >= 11 is 0. The fourth-order valence-electron chi connectivity index (χ4n) is 2.22. The van der Waals surface area contributed by atoms with E-state index in [4.69, 9.17) is 5.73 Å². The fraction of sp³-hybridized carbons (Fsp3) is 0.923. The van der Waals surface area contributed by atoms with Crippen molar-refractivity contribution in [2.75, 3.05) is 19.6 Å². The van der Waals surface area contributed by atoms with Gasteiger partial charge >= 0.3 is 0 Å². The van der Waals surface area contributed by atoms with Crippen molar-refractivity contribution in [3.8, 4) is 0 Å². The van der Waals surface area contributed by atoms with Crippen LogP contribution in [0.2, 0.25) is 0 Å². The van der Waals surface area contributed by atoms with Crippen molar-refractivity contribution in [3.05, 3.63) is 0 Å². The SMILES string of the molecule is CC(C)NC(N)=NCC(C)(C)N1CCCCC1.I. The van der Waals surface area contributed by atoms with Gasteiger partial charge in [0.25, 0.3) is 0 Å². The minimum atomic E-state index is 0. The minimum Gasteiger partial charge on any atom is -0.370 e. The smallest absolute Gasteiger partial charge is 0.188 e. The van der Waals surface area contributed by atoms with Gasteiger partial charge in [-0.1, -0.05) is 6.42 Å². The van der Waals surface area contributed by atoms with E-state index in [-0.39, 0.29) is 29.5 Å². The predicted molar refractivity (Wildman–Crippen MR) is 89.7 cm³/mol. The Kier molecular flexibility index (Phi) is 8.18. The maximum Gasteiger partial charge on any atom is 0.188 e. The highest BCUT2D eigenvalue weighted by atomic mass is 127. The number of rotatable bonds is 4. The lowest BCUT2D eigenvalue weighted by Crippen LogP contribution is -2.49. The molecule has 0 radical (unpaired) electrons. The van der Waals surface area contributed by atoms with Crippen LogP contribution in [0.25, 0.3) is 0 Å². The number of nitrogens with one attached hydrogen (secondary N) is 1. The van der Waals surface area contributed by atoms with Gasteiger partial charge in [0.1, 0.15) is 0 Å². The van der Waals surface area contributed by atoms with E-state index >= 15 is 0 Å². The Morgan fingerprint density at radius 1 is 1.28 bits per heavy atom. The molecule has 0 spiro atoms. The Balaban J connectivity index is 0.00000289. The molecule has 108 valence electrons. The van der Waals surface area contributed by atoms with Gasteiger partial charge in [0.2, 0.25) is 0 Å². The van der Waals surface area contributed by atoms with Crippen LogP contribution in [0.1, 0.15) is 47.0 Å². The molecule has 0 aliphatic carbocycles. The second kappa shape index (κ2) is 8.19. The van der Waals surface area contributed by atoms with Crippen LogP contribution in [-0.4, -0.2) is 42.1 Å². The maximum atomic E-state index is 5.83. The van der Waals surface area contributed by atoms with Crippen molar-refractivity contribution in [2.45, 2.75) is 58.5 Å². The van der Waals surface area contributed by atoms with E-state index in [9.17, 15) is 0 Å². The first-order valence-electron chi connectivity index (χ1n) is 6.73. The molecule has 0 unspecified atom stereocenters. The summed E-state index contributed by atoms with van der Waals surface area (Å²) in [5.41, 5.74) is 5.95. The van der Waals surface area contributed by atoms with Gasteiger partial charge < -0.3 is 11.1 Å². The summed E-state index contributed by atoms with van der Waals surface area (Å²) in [5.74, 6) is 0.560.